The van der Waals surface area contributed by atoms with Crippen molar-refractivity contribution in [2.45, 2.75) is 41.5 Å². The molecule has 0 saturated carbocycles. The van der Waals surface area contributed by atoms with E-state index in [0.717, 1.165) is 11.8 Å². The second-order valence-electron chi connectivity index (χ2n) is 5.69. The summed E-state index contributed by atoms with van der Waals surface area (Å²) in [5.74, 6) is 1.52. The van der Waals surface area contributed by atoms with Crippen LogP contribution < -0.4 is 24.8 Å². The summed E-state index contributed by atoms with van der Waals surface area (Å²) in [6.45, 7) is 13.2. The molecule has 0 spiro atoms. The Kier molecular flexibility index (Phi) is 19.1. The van der Waals surface area contributed by atoms with E-state index < -0.39 is 0 Å². The molecule has 0 unspecified atom stereocenters. The fourth-order valence-corrected chi connectivity index (χ4v) is 1.71. The van der Waals surface area contributed by atoms with E-state index in [0.29, 0.717) is 0 Å². The van der Waals surface area contributed by atoms with Gasteiger partial charge in [0, 0.05) is 0 Å². The SMILES string of the molecule is CC(C)[C](=[Ti+2])C(C)C.Cc1ccc(C)[cH-]1.[Cl-].[Cl-].c1cc[cH-]c1. The van der Waals surface area contributed by atoms with Gasteiger partial charge in [-0.05, 0) is 0 Å². The number of hydrogen-bond donors (Lipinski definition) is 0. The van der Waals surface area contributed by atoms with E-state index >= 15 is 0 Å². The van der Waals surface area contributed by atoms with Gasteiger partial charge in [0.25, 0.3) is 0 Å². The van der Waals surface area contributed by atoms with Gasteiger partial charge in [-0.15, -0.1) is 0 Å². The Morgan fingerprint density at radius 3 is 1.32 bits per heavy atom. The van der Waals surface area contributed by atoms with Crippen molar-refractivity contribution in [1.29, 1.82) is 0 Å². The fourth-order valence-electron chi connectivity index (χ4n) is 1.71. The Morgan fingerprint density at radius 1 is 0.864 bits per heavy atom. The summed E-state index contributed by atoms with van der Waals surface area (Å²) < 4.78 is 1.60. The van der Waals surface area contributed by atoms with E-state index in [-0.39, 0.29) is 24.8 Å². The minimum atomic E-state index is 0. The predicted octanol–water partition coefficient (Wildman–Crippen LogP) is -0.547. The first-order valence-corrected chi connectivity index (χ1v) is 8.07. The Labute approximate surface area is 161 Å². The Hall–Kier alpha value is -0.136. The molecule has 22 heavy (non-hydrogen) atoms. The molecule has 2 rings (SSSR count). The number of hydrogen-bond acceptors (Lipinski definition) is 0. The van der Waals surface area contributed by atoms with E-state index in [9.17, 15) is 0 Å². The van der Waals surface area contributed by atoms with Gasteiger partial charge in [-0.1, -0.05) is 13.8 Å². The van der Waals surface area contributed by atoms with E-state index in [1.54, 1.807) is 3.81 Å². The molecule has 124 valence electrons. The maximum Gasteiger partial charge on any atom is -0.0635 e. The van der Waals surface area contributed by atoms with E-state index in [1.807, 2.05) is 30.3 Å². The summed E-state index contributed by atoms with van der Waals surface area (Å²) in [6.07, 6.45) is 0. The maximum atomic E-state index is 2.25. The Balaban J connectivity index is -0.000000240. The minimum Gasteiger partial charge on any atom is -1.00 e. The molecular weight excluding hydrogens is 347 g/mol. The van der Waals surface area contributed by atoms with Gasteiger partial charge < -0.3 is 24.8 Å². The molecule has 0 heterocycles. The average Bonchev–Trinajstić information content (AvgIpc) is 3.04. The van der Waals surface area contributed by atoms with Gasteiger partial charge in [0.15, 0.2) is 0 Å². The van der Waals surface area contributed by atoms with Crippen molar-refractivity contribution in [2.75, 3.05) is 0 Å². The zero-order valence-electron chi connectivity index (χ0n) is 14.5. The fraction of sp³-hybridized carbons (Fsp3) is 0.421. The third-order valence-electron chi connectivity index (χ3n) is 2.86. The van der Waals surface area contributed by atoms with E-state index in [4.69, 9.17) is 0 Å². The smallest absolute Gasteiger partial charge is 0.0635 e. The van der Waals surface area contributed by atoms with Crippen LogP contribution in [0.3, 0.4) is 0 Å². The first-order chi connectivity index (χ1) is 9.34. The molecule has 0 radical (unpaired) electrons. The summed E-state index contributed by atoms with van der Waals surface area (Å²) in [5, 5.41) is 0. The monoisotopic (exact) mass is 374 g/mol. The normalized spacial score (nSPS) is 8.82. The van der Waals surface area contributed by atoms with Crippen LogP contribution in [-0.4, -0.2) is 3.81 Å². The number of aryl methyl sites for hydroxylation is 2. The van der Waals surface area contributed by atoms with Crippen molar-refractivity contribution in [3.8, 4) is 0 Å². The second-order valence-corrected chi connectivity index (χ2v) is 6.59. The molecule has 2 aromatic rings. The molecule has 0 aliphatic rings. The minimum absolute atomic E-state index is 0. The third-order valence-corrected chi connectivity index (χ3v) is 4.67. The predicted molar refractivity (Wildman–Crippen MR) is 88.2 cm³/mol. The van der Waals surface area contributed by atoms with Gasteiger partial charge in [-0.2, -0.15) is 35.4 Å². The van der Waals surface area contributed by atoms with Gasteiger partial charge in [-0.25, -0.2) is 24.3 Å². The molecule has 0 nitrogen and oxygen atoms in total. The van der Waals surface area contributed by atoms with Crippen LogP contribution in [0.4, 0.5) is 0 Å². The molecule has 2 aromatic carbocycles. The Morgan fingerprint density at radius 2 is 1.23 bits per heavy atom. The van der Waals surface area contributed by atoms with Crippen LogP contribution in [0.5, 0.6) is 0 Å². The third kappa shape index (κ3) is 14.8. The summed E-state index contributed by atoms with van der Waals surface area (Å²) in [4.78, 5) is 0. The van der Waals surface area contributed by atoms with Crippen molar-refractivity contribution in [3.05, 3.63) is 59.7 Å². The molecule has 0 N–H and O–H groups in total. The van der Waals surface area contributed by atoms with E-state index in [1.165, 1.54) is 11.1 Å². The summed E-state index contributed by atoms with van der Waals surface area (Å²) >= 11 is 2.23. The van der Waals surface area contributed by atoms with Crippen LogP contribution in [0.15, 0.2) is 48.5 Å². The van der Waals surface area contributed by atoms with Gasteiger partial charge in [0.2, 0.25) is 0 Å². The number of rotatable bonds is 2. The van der Waals surface area contributed by atoms with Crippen LogP contribution in [0.2, 0.25) is 0 Å². The summed E-state index contributed by atoms with van der Waals surface area (Å²) in [5.41, 5.74) is 2.72. The van der Waals surface area contributed by atoms with E-state index in [2.05, 4.69) is 79.7 Å². The van der Waals surface area contributed by atoms with Gasteiger partial charge in [-0.3, -0.25) is 0 Å². The quantitative estimate of drug-likeness (QED) is 0.489. The van der Waals surface area contributed by atoms with Crippen LogP contribution in [0, 0.1) is 25.7 Å². The van der Waals surface area contributed by atoms with Crippen molar-refractivity contribution in [2.24, 2.45) is 11.8 Å². The van der Waals surface area contributed by atoms with Gasteiger partial charge in [0.1, 0.15) is 0 Å². The van der Waals surface area contributed by atoms with Gasteiger partial charge in [0.05, 0.1) is 0 Å². The van der Waals surface area contributed by atoms with Crippen molar-refractivity contribution >= 4 is 3.81 Å². The molecule has 0 aromatic heterocycles. The standard InChI is InChI=1S/C7H9.C7H14.C5H5.2ClH.Ti/c1-6-3-4-7(2)5-6;1-6(2)5-7(3)4;1-2-4-5-3-1;;;/h3-5H,1-2H3;6-7H,1-4H3;1-5H;2*1H;/q-1;;-1;;;+2/p-2. The van der Waals surface area contributed by atoms with Gasteiger partial charge >= 0.3 is 63.3 Å². The average molecular weight is 375 g/mol. The maximum absolute atomic E-state index is 2.25. The molecule has 0 bridgehead atoms. The largest absolute Gasteiger partial charge is 1.00 e. The topological polar surface area (TPSA) is 0 Å². The Bertz CT molecular complexity index is 410. The van der Waals surface area contributed by atoms with Crippen molar-refractivity contribution in [3.63, 3.8) is 0 Å². The molecule has 3 heteroatoms. The number of halogens is 2. The zero-order valence-corrected chi connectivity index (χ0v) is 17.6. The summed E-state index contributed by atoms with van der Waals surface area (Å²) in [6, 6.07) is 16.4. The molecule has 0 aliphatic carbocycles. The van der Waals surface area contributed by atoms with Crippen LogP contribution >= 0.6 is 0 Å². The molecular formula is C19H28Cl2Ti-2. The van der Waals surface area contributed by atoms with Crippen molar-refractivity contribution in [1.82, 2.24) is 0 Å². The summed E-state index contributed by atoms with van der Waals surface area (Å²) in [7, 11) is 0. The molecule has 0 amide bonds. The van der Waals surface area contributed by atoms with Crippen LogP contribution in [0.1, 0.15) is 38.8 Å². The molecule has 0 aliphatic heterocycles. The van der Waals surface area contributed by atoms with Crippen LogP contribution in [0.25, 0.3) is 0 Å². The van der Waals surface area contributed by atoms with Crippen LogP contribution in [-0.2, 0) is 20.0 Å². The molecule has 0 fully saturated rings. The first-order valence-electron chi connectivity index (χ1n) is 7.29. The molecule has 0 saturated heterocycles. The van der Waals surface area contributed by atoms with Crippen molar-refractivity contribution < 1.29 is 44.8 Å². The molecule has 0 atom stereocenters. The zero-order chi connectivity index (χ0) is 15.5. The first kappa shape index (κ1) is 26.7. The second kappa shape index (κ2) is 15.7.